The Bertz CT molecular complexity index is 240. The van der Waals surface area contributed by atoms with Crippen molar-refractivity contribution in [1.29, 1.82) is 0 Å². The summed E-state index contributed by atoms with van der Waals surface area (Å²) in [7, 11) is 3.87. The Kier molecular flexibility index (Phi) is 7.23. The highest BCUT2D eigenvalue weighted by atomic mass is 16.3. The van der Waals surface area contributed by atoms with Crippen LogP contribution in [0.3, 0.4) is 0 Å². The Hall–Kier alpha value is -0.650. The maximum Gasteiger partial charge on any atom is 0.223 e. The van der Waals surface area contributed by atoms with Crippen LogP contribution in [0.25, 0.3) is 0 Å². The predicted molar refractivity (Wildman–Crippen MR) is 72.5 cm³/mol. The quantitative estimate of drug-likeness (QED) is 0.626. The van der Waals surface area contributed by atoms with Gasteiger partial charge in [0.2, 0.25) is 5.91 Å². The first-order valence-corrected chi connectivity index (χ1v) is 6.91. The first kappa shape index (κ1) is 15.4. The van der Waals surface area contributed by atoms with Gasteiger partial charge in [0.05, 0.1) is 6.10 Å². The van der Waals surface area contributed by atoms with Gasteiger partial charge in [-0.2, -0.15) is 0 Å². The van der Waals surface area contributed by atoms with Crippen molar-refractivity contribution in [3.63, 3.8) is 0 Å². The van der Waals surface area contributed by atoms with E-state index in [9.17, 15) is 9.90 Å². The molecule has 0 bridgehead atoms. The summed E-state index contributed by atoms with van der Waals surface area (Å²) in [6.07, 6.45) is 3.69. The van der Waals surface area contributed by atoms with E-state index in [0.29, 0.717) is 26.1 Å². The number of likely N-dealkylation sites (N-methyl/N-ethyl adjacent to an activating group) is 1. The molecule has 1 aliphatic rings. The molecule has 0 radical (unpaired) electrons. The Balaban J connectivity index is 2.04. The maximum atomic E-state index is 11.8. The molecule has 1 fully saturated rings. The summed E-state index contributed by atoms with van der Waals surface area (Å²) < 4.78 is 0. The maximum absolute atomic E-state index is 11.8. The van der Waals surface area contributed by atoms with E-state index in [0.717, 1.165) is 25.9 Å². The minimum atomic E-state index is -0.370. The lowest BCUT2D eigenvalue weighted by molar-refractivity contribution is -0.132. The lowest BCUT2D eigenvalue weighted by Gasteiger charge is -2.26. The zero-order valence-electron chi connectivity index (χ0n) is 11.7. The molecule has 1 amide bonds. The van der Waals surface area contributed by atoms with Gasteiger partial charge in [0.25, 0.3) is 0 Å². The SMILES string of the molecule is CN(C)CC(O)CNCCC(=O)N1CCCCC1. The average molecular weight is 257 g/mol. The van der Waals surface area contributed by atoms with Crippen molar-refractivity contribution in [3.8, 4) is 0 Å². The highest BCUT2D eigenvalue weighted by Crippen LogP contribution is 2.09. The van der Waals surface area contributed by atoms with Gasteiger partial charge < -0.3 is 20.2 Å². The van der Waals surface area contributed by atoms with Gasteiger partial charge >= 0.3 is 0 Å². The fourth-order valence-electron chi connectivity index (χ4n) is 2.25. The predicted octanol–water partition coefficient (Wildman–Crippen LogP) is -0.0989. The minimum Gasteiger partial charge on any atom is -0.390 e. The number of nitrogens with one attached hydrogen (secondary N) is 1. The first-order chi connectivity index (χ1) is 8.59. The standard InChI is InChI=1S/C13H27N3O2/c1-15(2)11-12(17)10-14-7-6-13(18)16-8-4-3-5-9-16/h12,14,17H,3-11H2,1-2H3. The van der Waals surface area contributed by atoms with E-state index >= 15 is 0 Å². The summed E-state index contributed by atoms with van der Waals surface area (Å²) >= 11 is 0. The van der Waals surface area contributed by atoms with Gasteiger partial charge in [0, 0.05) is 39.1 Å². The number of nitrogens with zero attached hydrogens (tertiary/aromatic N) is 2. The van der Waals surface area contributed by atoms with E-state index < -0.39 is 0 Å². The van der Waals surface area contributed by atoms with Crippen LogP contribution in [0.5, 0.6) is 0 Å². The van der Waals surface area contributed by atoms with Crippen molar-refractivity contribution < 1.29 is 9.90 Å². The molecular weight excluding hydrogens is 230 g/mol. The Morgan fingerprint density at radius 3 is 2.61 bits per heavy atom. The first-order valence-electron chi connectivity index (χ1n) is 6.91. The van der Waals surface area contributed by atoms with Gasteiger partial charge in [-0.15, -0.1) is 0 Å². The van der Waals surface area contributed by atoms with Gasteiger partial charge in [-0.25, -0.2) is 0 Å². The van der Waals surface area contributed by atoms with E-state index in [4.69, 9.17) is 0 Å². The summed E-state index contributed by atoms with van der Waals surface area (Å²) in [4.78, 5) is 15.7. The third-order valence-electron chi connectivity index (χ3n) is 3.18. The molecule has 1 saturated heterocycles. The van der Waals surface area contributed by atoms with Crippen molar-refractivity contribution >= 4 is 5.91 Å². The Labute approximate surface area is 110 Å². The highest BCUT2D eigenvalue weighted by Gasteiger charge is 2.15. The van der Waals surface area contributed by atoms with Gasteiger partial charge in [0.1, 0.15) is 0 Å². The summed E-state index contributed by atoms with van der Waals surface area (Å²) in [6.45, 7) is 3.68. The second-order valence-electron chi connectivity index (χ2n) is 5.31. The van der Waals surface area contributed by atoms with Crippen LogP contribution >= 0.6 is 0 Å². The van der Waals surface area contributed by atoms with E-state index in [-0.39, 0.29) is 12.0 Å². The lowest BCUT2D eigenvalue weighted by atomic mass is 10.1. The number of carbonyl (C=O) groups excluding carboxylic acids is 1. The van der Waals surface area contributed by atoms with Crippen LogP contribution in [0.15, 0.2) is 0 Å². The molecular formula is C13H27N3O2. The third kappa shape index (κ3) is 6.33. The van der Waals surface area contributed by atoms with Gasteiger partial charge in [-0.1, -0.05) is 0 Å². The zero-order valence-corrected chi connectivity index (χ0v) is 11.7. The number of rotatable bonds is 7. The minimum absolute atomic E-state index is 0.240. The molecule has 18 heavy (non-hydrogen) atoms. The van der Waals surface area contributed by atoms with E-state index in [1.54, 1.807) is 0 Å². The molecule has 1 heterocycles. The van der Waals surface area contributed by atoms with Crippen LogP contribution in [-0.2, 0) is 4.79 Å². The number of likely N-dealkylation sites (tertiary alicyclic amines) is 1. The van der Waals surface area contributed by atoms with Crippen molar-refractivity contribution in [1.82, 2.24) is 15.1 Å². The van der Waals surface area contributed by atoms with Crippen LogP contribution in [0.2, 0.25) is 0 Å². The molecule has 1 rings (SSSR count). The van der Waals surface area contributed by atoms with Crippen LogP contribution in [0.1, 0.15) is 25.7 Å². The molecule has 0 spiro atoms. The van der Waals surface area contributed by atoms with Crippen molar-refractivity contribution in [2.45, 2.75) is 31.8 Å². The van der Waals surface area contributed by atoms with Crippen LogP contribution in [-0.4, -0.2) is 73.7 Å². The molecule has 0 aromatic rings. The topological polar surface area (TPSA) is 55.8 Å². The molecule has 0 aromatic carbocycles. The van der Waals surface area contributed by atoms with Crippen LogP contribution in [0.4, 0.5) is 0 Å². The molecule has 5 heteroatoms. The monoisotopic (exact) mass is 257 g/mol. The number of hydrogen-bond donors (Lipinski definition) is 2. The number of amides is 1. The molecule has 0 aromatic heterocycles. The fourth-order valence-corrected chi connectivity index (χ4v) is 2.25. The third-order valence-corrected chi connectivity index (χ3v) is 3.18. The smallest absolute Gasteiger partial charge is 0.223 e. The molecule has 106 valence electrons. The molecule has 2 N–H and O–H groups in total. The van der Waals surface area contributed by atoms with E-state index in [1.165, 1.54) is 6.42 Å². The lowest BCUT2D eigenvalue weighted by Crippen LogP contribution is -2.39. The second kappa shape index (κ2) is 8.45. The number of aliphatic hydroxyl groups excluding tert-OH is 1. The van der Waals surface area contributed by atoms with Crippen LogP contribution < -0.4 is 5.32 Å². The summed E-state index contributed by atoms with van der Waals surface area (Å²) in [5.74, 6) is 0.240. The van der Waals surface area contributed by atoms with Gasteiger partial charge in [0.15, 0.2) is 0 Å². The van der Waals surface area contributed by atoms with Crippen LogP contribution in [0, 0.1) is 0 Å². The molecule has 0 saturated carbocycles. The van der Waals surface area contributed by atoms with E-state index in [2.05, 4.69) is 5.32 Å². The molecule has 1 atom stereocenters. The molecule has 0 aliphatic carbocycles. The highest BCUT2D eigenvalue weighted by molar-refractivity contribution is 5.76. The number of carbonyl (C=O) groups is 1. The number of piperidine rings is 1. The van der Waals surface area contributed by atoms with Gasteiger partial charge in [-0.3, -0.25) is 4.79 Å². The molecule has 1 aliphatic heterocycles. The van der Waals surface area contributed by atoms with Crippen molar-refractivity contribution in [2.24, 2.45) is 0 Å². The average Bonchev–Trinajstić information content (AvgIpc) is 2.34. The zero-order chi connectivity index (χ0) is 13.4. The number of hydrogen-bond acceptors (Lipinski definition) is 4. The summed E-state index contributed by atoms with van der Waals surface area (Å²) in [5, 5.41) is 12.8. The molecule has 1 unspecified atom stereocenters. The largest absolute Gasteiger partial charge is 0.390 e. The fraction of sp³-hybridized carbons (Fsp3) is 0.923. The summed E-state index contributed by atoms with van der Waals surface area (Å²) in [6, 6.07) is 0. The van der Waals surface area contributed by atoms with Crippen molar-refractivity contribution in [3.05, 3.63) is 0 Å². The Morgan fingerprint density at radius 1 is 1.33 bits per heavy atom. The summed E-state index contributed by atoms with van der Waals surface area (Å²) in [5.41, 5.74) is 0. The number of aliphatic hydroxyl groups is 1. The molecule has 5 nitrogen and oxygen atoms in total. The van der Waals surface area contributed by atoms with E-state index in [1.807, 2.05) is 23.9 Å². The Morgan fingerprint density at radius 2 is 2.00 bits per heavy atom. The van der Waals surface area contributed by atoms with Gasteiger partial charge in [-0.05, 0) is 33.4 Å². The van der Waals surface area contributed by atoms with Crippen molar-refractivity contribution in [2.75, 3.05) is 46.8 Å². The normalized spacial score (nSPS) is 18.1. The second-order valence-corrected chi connectivity index (χ2v) is 5.31.